The van der Waals surface area contributed by atoms with Crippen LogP contribution in [0.25, 0.3) is 0 Å². The van der Waals surface area contributed by atoms with Crippen molar-refractivity contribution >= 4 is 33.3 Å². The van der Waals surface area contributed by atoms with E-state index in [-0.39, 0.29) is 0 Å². The highest BCUT2D eigenvalue weighted by Gasteiger charge is 2.11. The first-order chi connectivity index (χ1) is 9.69. The Morgan fingerprint density at radius 2 is 1.85 bits per heavy atom. The van der Waals surface area contributed by atoms with Crippen molar-refractivity contribution in [3.05, 3.63) is 29.0 Å². The molecule has 6 nitrogen and oxygen atoms in total. The van der Waals surface area contributed by atoms with Gasteiger partial charge in [-0.15, -0.1) is 0 Å². The number of nitrogens with zero attached hydrogens (tertiary/aromatic N) is 2. The maximum absolute atomic E-state index is 5.33. The summed E-state index contributed by atoms with van der Waals surface area (Å²) >= 11 is 3.44. The van der Waals surface area contributed by atoms with Crippen LogP contribution in [-0.4, -0.2) is 31.2 Å². The Hall–Kier alpha value is -2.02. The van der Waals surface area contributed by atoms with Gasteiger partial charge >= 0.3 is 0 Å². The fourth-order valence-corrected chi connectivity index (χ4v) is 2.26. The van der Waals surface area contributed by atoms with Gasteiger partial charge in [0, 0.05) is 12.7 Å². The maximum atomic E-state index is 5.33. The third-order valence-corrected chi connectivity index (χ3v) is 3.28. The van der Waals surface area contributed by atoms with Gasteiger partial charge in [-0.25, -0.2) is 9.97 Å². The van der Waals surface area contributed by atoms with E-state index in [1.54, 1.807) is 21.3 Å². The Morgan fingerprint density at radius 1 is 1.10 bits per heavy atom. The summed E-state index contributed by atoms with van der Waals surface area (Å²) < 4.78 is 11.4. The smallest absolute Gasteiger partial charge is 0.204 e. The van der Waals surface area contributed by atoms with Crippen molar-refractivity contribution in [1.82, 2.24) is 9.97 Å². The molecule has 0 aliphatic heterocycles. The third-order valence-electron chi connectivity index (χ3n) is 2.66. The fourth-order valence-electron chi connectivity index (χ4n) is 1.72. The number of methoxy groups -OCH3 is 2. The van der Waals surface area contributed by atoms with Gasteiger partial charge in [0.2, 0.25) is 5.75 Å². The summed E-state index contributed by atoms with van der Waals surface area (Å²) in [5.41, 5.74) is 0.858. The normalized spacial score (nSPS) is 10.0. The average molecular weight is 339 g/mol. The number of ether oxygens (including phenoxy) is 2. The molecule has 20 heavy (non-hydrogen) atoms. The maximum Gasteiger partial charge on any atom is 0.204 e. The van der Waals surface area contributed by atoms with Crippen LogP contribution in [0.1, 0.15) is 0 Å². The number of hydrogen-bond acceptors (Lipinski definition) is 6. The van der Waals surface area contributed by atoms with Gasteiger partial charge in [0.15, 0.2) is 11.6 Å². The van der Waals surface area contributed by atoms with Crippen LogP contribution in [0.4, 0.5) is 17.3 Å². The number of hydrogen-bond donors (Lipinski definition) is 2. The van der Waals surface area contributed by atoms with Gasteiger partial charge < -0.3 is 20.1 Å². The quantitative estimate of drug-likeness (QED) is 0.873. The topological polar surface area (TPSA) is 68.3 Å². The van der Waals surface area contributed by atoms with E-state index >= 15 is 0 Å². The molecule has 0 spiro atoms. The second-order valence-electron chi connectivity index (χ2n) is 3.83. The predicted molar refractivity (Wildman–Crippen MR) is 82.1 cm³/mol. The number of aromatic nitrogens is 2. The fraction of sp³-hybridized carbons (Fsp3) is 0.231. The molecule has 1 aromatic heterocycles. The van der Waals surface area contributed by atoms with Crippen molar-refractivity contribution in [2.75, 3.05) is 31.9 Å². The molecule has 0 radical (unpaired) electrons. The predicted octanol–water partition coefficient (Wildman–Crippen LogP) is 3.04. The van der Waals surface area contributed by atoms with E-state index in [4.69, 9.17) is 9.47 Å². The van der Waals surface area contributed by atoms with Crippen molar-refractivity contribution in [3.63, 3.8) is 0 Å². The van der Waals surface area contributed by atoms with E-state index in [1.807, 2.05) is 18.2 Å². The van der Waals surface area contributed by atoms with Crippen LogP contribution in [-0.2, 0) is 0 Å². The highest BCUT2D eigenvalue weighted by molar-refractivity contribution is 9.10. The second-order valence-corrected chi connectivity index (χ2v) is 4.68. The number of nitrogens with one attached hydrogen (secondary N) is 2. The SMILES string of the molecule is CNc1ncnc(Nc2ccc(OC)c(Br)c2)c1OC. The molecule has 0 atom stereocenters. The van der Waals surface area contributed by atoms with Gasteiger partial charge in [0.05, 0.1) is 18.7 Å². The summed E-state index contributed by atoms with van der Waals surface area (Å²) in [5.74, 6) is 2.53. The summed E-state index contributed by atoms with van der Waals surface area (Å²) in [6.45, 7) is 0. The summed E-state index contributed by atoms with van der Waals surface area (Å²) in [5, 5.41) is 6.15. The molecule has 2 rings (SSSR count). The molecule has 0 amide bonds. The summed E-state index contributed by atoms with van der Waals surface area (Å²) in [7, 11) is 4.98. The molecule has 0 fully saturated rings. The zero-order valence-corrected chi connectivity index (χ0v) is 13.0. The average Bonchev–Trinajstić information content (AvgIpc) is 2.47. The van der Waals surface area contributed by atoms with Crippen molar-refractivity contribution in [1.29, 1.82) is 0 Å². The van der Waals surface area contributed by atoms with Gasteiger partial charge in [-0.1, -0.05) is 0 Å². The van der Waals surface area contributed by atoms with E-state index in [1.165, 1.54) is 6.33 Å². The Bertz CT molecular complexity index is 607. The molecule has 0 saturated heterocycles. The van der Waals surface area contributed by atoms with Crippen molar-refractivity contribution < 1.29 is 9.47 Å². The Kier molecular flexibility index (Phi) is 4.62. The van der Waals surface area contributed by atoms with Crippen molar-refractivity contribution in [3.8, 4) is 11.5 Å². The third kappa shape index (κ3) is 2.93. The van der Waals surface area contributed by atoms with Gasteiger partial charge in [0.1, 0.15) is 12.1 Å². The summed E-state index contributed by atoms with van der Waals surface area (Å²) in [6.07, 6.45) is 1.47. The Balaban J connectivity index is 2.32. The molecule has 2 aromatic rings. The summed E-state index contributed by atoms with van der Waals surface area (Å²) in [4.78, 5) is 8.29. The van der Waals surface area contributed by atoms with E-state index in [0.717, 1.165) is 15.9 Å². The van der Waals surface area contributed by atoms with E-state index in [2.05, 4.69) is 36.5 Å². The van der Waals surface area contributed by atoms with Gasteiger partial charge in [-0.3, -0.25) is 0 Å². The molecule has 0 aliphatic rings. The van der Waals surface area contributed by atoms with Crippen molar-refractivity contribution in [2.45, 2.75) is 0 Å². The first kappa shape index (κ1) is 14.4. The number of rotatable bonds is 5. The van der Waals surface area contributed by atoms with Crippen LogP contribution in [0, 0.1) is 0 Å². The number of anilines is 3. The molecule has 7 heteroatoms. The molecule has 0 bridgehead atoms. The zero-order valence-electron chi connectivity index (χ0n) is 11.4. The minimum atomic E-state index is 0.557. The van der Waals surface area contributed by atoms with Crippen LogP contribution in [0.2, 0.25) is 0 Å². The highest BCUT2D eigenvalue weighted by Crippen LogP contribution is 2.33. The van der Waals surface area contributed by atoms with Crippen LogP contribution in [0.5, 0.6) is 11.5 Å². The second kappa shape index (κ2) is 6.42. The first-order valence-electron chi connectivity index (χ1n) is 5.87. The molecular weight excluding hydrogens is 324 g/mol. The van der Waals surface area contributed by atoms with Crippen LogP contribution in [0.15, 0.2) is 29.0 Å². The molecule has 2 N–H and O–H groups in total. The summed E-state index contributed by atoms with van der Waals surface area (Å²) in [6, 6.07) is 5.66. The lowest BCUT2D eigenvalue weighted by Crippen LogP contribution is -2.03. The van der Waals surface area contributed by atoms with Gasteiger partial charge in [-0.05, 0) is 34.1 Å². The monoisotopic (exact) mass is 338 g/mol. The largest absolute Gasteiger partial charge is 0.496 e. The molecule has 0 saturated carbocycles. The number of halogens is 1. The minimum absolute atomic E-state index is 0.557. The van der Waals surface area contributed by atoms with Gasteiger partial charge in [0.25, 0.3) is 0 Å². The van der Waals surface area contributed by atoms with Crippen molar-refractivity contribution in [2.24, 2.45) is 0 Å². The van der Waals surface area contributed by atoms with E-state index in [9.17, 15) is 0 Å². The minimum Gasteiger partial charge on any atom is -0.496 e. The van der Waals surface area contributed by atoms with Crippen LogP contribution in [0.3, 0.4) is 0 Å². The molecule has 106 valence electrons. The zero-order chi connectivity index (χ0) is 14.5. The lowest BCUT2D eigenvalue weighted by Gasteiger charge is -2.13. The van der Waals surface area contributed by atoms with Crippen LogP contribution < -0.4 is 20.1 Å². The van der Waals surface area contributed by atoms with Gasteiger partial charge in [-0.2, -0.15) is 0 Å². The molecule has 1 heterocycles. The first-order valence-corrected chi connectivity index (χ1v) is 6.66. The molecular formula is C13H15BrN4O2. The standard InChI is InChI=1S/C13H15BrN4O2/c1-15-12-11(20-3)13(17-7-16-12)18-8-4-5-10(19-2)9(14)6-8/h4-7H,1-3H3,(H2,15,16,17,18). The molecule has 0 aliphatic carbocycles. The lowest BCUT2D eigenvalue weighted by atomic mass is 10.3. The molecule has 0 unspecified atom stereocenters. The number of benzene rings is 1. The Labute approximate surface area is 125 Å². The Morgan fingerprint density at radius 3 is 2.45 bits per heavy atom. The highest BCUT2D eigenvalue weighted by atomic mass is 79.9. The van der Waals surface area contributed by atoms with Crippen LogP contribution >= 0.6 is 15.9 Å². The lowest BCUT2D eigenvalue weighted by molar-refractivity contribution is 0.412. The molecule has 1 aromatic carbocycles. The van der Waals surface area contributed by atoms with E-state index in [0.29, 0.717) is 17.4 Å². The van der Waals surface area contributed by atoms with E-state index < -0.39 is 0 Å².